The van der Waals surface area contributed by atoms with E-state index >= 15 is 0 Å². The topological polar surface area (TPSA) is 69.7 Å². The number of hydrogen-bond donors (Lipinski definition) is 1. The minimum Gasteiger partial charge on any atom is -0.369 e. The van der Waals surface area contributed by atoms with Crippen molar-refractivity contribution in [1.82, 2.24) is 10.2 Å². The summed E-state index contributed by atoms with van der Waals surface area (Å²) in [6.45, 7) is 6.06. The predicted octanol–water partition coefficient (Wildman–Crippen LogP) is 2.55. The van der Waals surface area contributed by atoms with E-state index in [1.54, 1.807) is 18.2 Å². The number of nitrogens with one attached hydrogen (secondary N) is 1. The largest absolute Gasteiger partial charge is 0.369 e. The molecule has 7 heteroatoms. The molecule has 1 N–H and O–H groups in total. The van der Waals surface area contributed by atoms with E-state index in [-0.39, 0.29) is 22.1 Å². The van der Waals surface area contributed by atoms with Gasteiger partial charge < -0.3 is 15.1 Å². The first-order chi connectivity index (χ1) is 13.9. The van der Waals surface area contributed by atoms with Crippen LogP contribution < -0.4 is 10.2 Å². The maximum atomic E-state index is 12.8. The van der Waals surface area contributed by atoms with Gasteiger partial charge in [-0.1, -0.05) is 37.3 Å². The Morgan fingerprint density at radius 1 is 1.00 bits per heavy atom. The van der Waals surface area contributed by atoms with Crippen molar-refractivity contribution in [3.05, 3.63) is 59.7 Å². The van der Waals surface area contributed by atoms with E-state index in [4.69, 9.17) is 0 Å². The molecule has 0 aromatic heterocycles. The maximum Gasteiger partial charge on any atom is 0.252 e. The normalized spacial score (nSPS) is 15.3. The molecule has 1 fully saturated rings. The lowest BCUT2D eigenvalue weighted by Gasteiger charge is -2.35. The molecule has 156 valence electrons. The molecule has 0 bridgehead atoms. The van der Waals surface area contributed by atoms with Crippen molar-refractivity contribution in [2.24, 2.45) is 0 Å². The summed E-state index contributed by atoms with van der Waals surface area (Å²) in [4.78, 5) is 17.6. The van der Waals surface area contributed by atoms with Crippen LogP contribution in [0.2, 0.25) is 0 Å². The van der Waals surface area contributed by atoms with Crippen molar-refractivity contribution in [1.29, 1.82) is 0 Å². The third kappa shape index (κ3) is 5.16. The number of anilines is 1. The zero-order valence-electron chi connectivity index (χ0n) is 17.1. The Kier molecular flexibility index (Phi) is 6.92. The molecule has 1 amide bonds. The second-order valence-electron chi connectivity index (χ2n) is 7.42. The zero-order chi connectivity index (χ0) is 20.9. The van der Waals surface area contributed by atoms with Gasteiger partial charge in [-0.15, -0.1) is 0 Å². The minimum absolute atomic E-state index is 0.0313. The van der Waals surface area contributed by atoms with Crippen molar-refractivity contribution in [3.8, 4) is 0 Å². The van der Waals surface area contributed by atoms with Crippen LogP contribution in [0, 0.1) is 0 Å². The summed E-state index contributed by atoms with van der Waals surface area (Å²) >= 11 is 0. The number of carbonyl (C=O) groups excluding carboxylic acids is 1. The number of rotatable bonds is 7. The van der Waals surface area contributed by atoms with E-state index in [2.05, 4.69) is 28.2 Å². The van der Waals surface area contributed by atoms with Crippen LogP contribution >= 0.6 is 0 Å². The van der Waals surface area contributed by atoms with Gasteiger partial charge in [-0.25, -0.2) is 8.42 Å². The quantitative estimate of drug-likeness (QED) is 0.753. The standard InChI is InChI=1S/C22H29N3O3S/c1-3-16-29(27,28)21-11-7-5-9-19(21)22(26)23-17-18-8-4-6-10-20(18)25-14-12-24(2)13-15-25/h4-11H,3,12-17H2,1-2H3,(H,23,26). The van der Waals surface area contributed by atoms with Crippen LogP contribution in [0.25, 0.3) is 0 Å². The van der Waals surface area contributed by atoms with Crippen LogP contribution in [-0.2, 0) is 16.4 Å². The second kappa shape index (κ2) is 9.41. The van der Waals surface area contributed by atoms with Crippen LogP contribution in [0.5, 0.6) is 0 Å². The highest BCUT2D eigenvalue weighted by Gasteiger charge is 2.22. The Bertz CT molecular complexity index is 951. The second-order valence-corrected chi connectivity index (χ2v) is 9.49. The molecule has 1 aliphatic heterocycles. The third-order valence-corrected chi connectivity index (χ3v) is 7.19. The number of carbonyl (C=O) groups is 1. The van der Waals surface area contributed by atoms with Gasteiger partial charge >= 0.3 is 0 Å². The summed E-state index contributed by atoms with van der Waals surface area (Å²) in [6, 6.07) is 14.5. The number of nitrogens with zero attached hydrogens (tertiary/aromatic N) is 2. The van der Waals surface area contributed by atoms with Crippen LogP contribution in [0.3, 0.4) is 0 Å². The van der Waals surface area contributed by atoms with Gasteiger partial charge in [0.25, 0.3) is 5.91 Å². The molecule has 2 aromatic carbocycles. The lowest BCUT2D eigenvalue weighted by molar-refractivity contribution is 0.0947. The number of hydrogen-bond acceptors (Lipinski definition) is 5. The minimum atomic E-state index is -3.47. The average molecular weight is 416 g/mol. The lowest BCUT2D eigenvalue weighted by Crippen LogP contribution is -2.45. The fourth-order valence-electron chi connectivity index (χ4n) is 3.59. The Morgan fingerprint density at radius 3 is 2.38 bits per heavy atom. The fraction of sp³-hybridized carbons (Fsp3) is 0.409. The molecule has 0 radical (unpaired) electrons. The zero-order valence-corrected chi connectivity index (χ0v) is 17.9. The summed E-state index contributed by atoms with van der Waals surface area (Å²) in [5, 5.41) is 2.92. The van der Waals surface area contributed by atoms with E-state index in [1.807, 2.05) is 25.1 Å². The first-order valence-corrected chi connectivity index (χ1v) is 11.7. The Morgan fingerprint density at radius 2 is 1.66 bits per heavy atom. The SMILES string of the molecule is CCCS(=O)(=O)c1ccccc1C(=O)NCc1ccccc1N1CCN(C)CC1. The van der Waals surface area contributed by atoms with Crippen molar-refractivity contribution in [2.45, 2.75) is 24.8 Å². The van der Waals surface area contributed by atoms with Crippen LogP contribution in [-0.4, -0.2) is 58.2 Å². The summed E-state index contributed by atoms with van der Waals surface area (Å²) < 4.78 is 25.1. The van der Waals surface area contributed by atoms with Gasteiger partial charge in [-0.05, 0) is 37.2 Å². The summed E-state index contributed by atoms with van der Waals surface area (Å²) in [6.07, 6.45) is 0.511. The number of sulfone groups is 1. The van der Waals surface area contributed by atoms with E-state index in [9.17, 15) is 13.2 Å². The van der Waals surface area contributed by atoms with Gasteiger partial charge in [-0.3, -0.25) is 4.79 Å². The van der Waals surface area contributed by atoms with E-state index in [1.165, 1.54) is 6.07 Å². The molecule has 1 heterocycles. The maximum absolute atomic E-state index is 12.8. The molecule has 0 unspecified atom stereocenters. The van der Waals surface area contributed by atoms with Crippen LogP contribution in [0.4, 0.5) is 5.69 Å². The number of benzene rings is 2. The lowest BCUT2D eigenvalue weighted by atomic mass is 10.1. The summed E-state index contributed by atoms with van der Waals surface area (Å²) in [5.41, 5.74) is 2.35. The van der Waals surface area contributed by atoms with Gasteiger partial charge in [0.15, 0.2) is 9.84 Å². The highest BCUT2D eigenvalue weighted by Crippen LogP contribution is 2.22. The highest BCUT2D eigenvalue weighted by atomic mass is 32.2. The summed E-state index contributed by atoms with van der Waals surface area (Å²) in [7, 11) is -1.35. The Balaban J connectivity index is 1.76. The molecule has 2 aromatic rings. The molecule has 3 rings (SSSR count). The molecule has 6 nitrogen and oxygen atoms in total. The number of para-hydroxylation sites is 1. The van der Waals surface area contributed by atoms with Crippen molar-refractivity contribution >= 4 is 21.4 Å². The van der Waals surface area contributed by atoms with E-state index < -0.39 is 9.84 Å². The van der Waals surface area contributed by atoms with Crippen molar-refractivity contribution in [2.75, 3.05) is 43.9 Å². The van der Waals surface area contributed by atoms with Gasteiger partial charge in [0.2, 0.25) is 0 Å². The molecule has 0 saturated carbocycles. The monoisotopic (exact) mass is 415 g/mol. The molecule has 0 aliphatic carbocycles. The Hall–Kier alpha value is -2.38. The fourth-order valence-corrected chi connectivity index (χ4v) is 5.13. The Labute approximate surface area is 173 Å². The van der Waals surface area contributed by atoms with Crippen LogP contribution in [0.1, 0.15) is 29.3 Å². The molecule has 1 aliphatic rings. The molecule has 1 saturated heterocycles. The molecule has 29 heavy (non-hydrogen) atoms. The highest BCUT2D eigenvalue weighted by molar-refractivity contribution is 7.91. The first-order valence-electron chi connectivity index (χ1n) is 10.0. The molecular weight excluding hydrogens is 386 g/mol. The molecular formula is C22H29N3O3S. The third-order valence-electron chi connectivity index (χ3n) is 5.21. The van der Waals surface area contributed by atoms with Crippen molar-refractivity contribution < 1.29 is 13.2 Å². The van der Waals surface area contributed by atoms with E-state index in [0.29, 0.717) is 13.0 Å². The smallest absolute Gasteiger partial charge is 0.252 e. The number of likely N-dealkylation sites (N-methyl/N-ethyl adjacent to an activating group) is 1. The molecule has 0 spiro atoms. The van der Waals surface area contributed by atoms with Crippen molar-refractivity contribution in [3.63, 3.8) is 0 Å². The predicted molar refractivity (Wildman–Crippen MR) is 116 cm³/mol. The average Bonchev–Trinajstić information content (AvgIpc) is 2.73. The van der Waals surface area contributed by atoms with Gasteiger partial charge in [-0.2, -0.15) is 0 Å². The molecule has 0 atom stereocenters. The van der Waals surface area contributed by atoms with E-state index in [0.717, 1.165) is 37.4 Å². The van der Waals surface area contributed by atoms with Gasteiger partial charge in [0.1, 0.15) is 0 Å². The van der Waals surface area contributed by atoms with Gasteiger partial charge in [0.05, 0.1) is 16.2 Å². The van der Waals surface area contributed by atoms with Gasteiger partial charge in [0, 0.05) is 38.4 Å². The summed E-state index contributed by atoms with van der Waals surface area (Å²) in [5.74, 6) is -0.336. The van der Waals surface area contributed by atoms with Crippen LogP contribution in [0.15, 0.2) is 53.4 Å². The number of piperazine rings is 1. The first kappa shape index (κ1) is 21.3. The number of amides is 1.